The average Bonchev–Trinajstić information content (AvgIpc) is 2.55. The Morgan fingerprint density at radius 2 is 1.96 bits per heavy atom. The lowest BCUT2D eigenvalue weighted by atomic mass is 10.1. The summed E-state index contributed by atoms with van der Waals surface area (Å²) in [4.78, 5) is 25.2. The molecule has 1 aliphatic rings. The maximum absolute atomic E-state index is 11.9. The number of ether oxygens (including phenoxy) is 2. The van der Waals surface area contributed by atoms with Crippen LogP contribution in [0, 0.1) is 5.92 Å². The lowest BCUT2D eigenvalue weighted by molar-refractivity contribution is 0.0618. The summed E-state index contributed by atoms with van der Waals surface area (Å²) < 4.78 is 11.2. The van der Waals surface area contributed by atoms with Gasteiger partial charge in [0.15, 0.2) is 5.78 Å². The van der Waals surface area contributed by atoms with E-state index in [1.54, 1.807) is 23.1 Å². The lowest BCUT2D eigenvalue weighted by Crippen LogP contribution is -2.42. The maximum Gasteiger partial charge on any atom is 0.409 e. The molecule has 24 heavy (non-hydrogen) atoms. The van der Waals surface area contributed by atoms with E-state index < -0.39 is 0 Å². The molecule has 1 aliphatic heterocycles. The number of rotatable bonds is 5. The van der Waals surface area contributed by atoms with Crippen molar-refractivity contribution in [3.05, 3.63) is 28.8 Å². The van der Waals surface area contributed by atoms with E-state index in [1.807, 2.05) is 13.8 Å². The van der Waals surface area contributed by atoms with Gasteiger partial charge < -0.3 is 14.4 Å². The molecule has 5 nitrogen and oxygen atoms in total. The predicted octanol–water partition coefficient (Wildman–Crippen LogP) is 4.18. The fourth-order valence-electron chi connectivity index (χ4n) is 2.54. The monoisotopic (exact) mass is 353 g/mol. The van der Waals surface area contributed by atoms with Crippen molar-refractivity contribution in [2.24, 2.45) is 5.92 Å². The molecule has 0 saturated carbocycles. The Kier molecular flexibility index (Phi) is 6.49. The van der Waals surface area contributed by atoms with Crippen molar-refractivity contribution in [2.75, 3.05) is 19.7 Å². The Morgan fingerprint density at radius 1 is 1.29 bits per heavy atom. The van der Waals surface area contributed by atoms with Crippen molar-refractivity contribution in [1.82, 2.24) is 4.90 Å². The molecule has 0 atom stereocenters. The summed E-state index contributed by atoms with van der Waals surface area (Å²) in [5.41, 5.74) is 0.462. The number of piperidine rings is 1. The molecule has 0 radical (unpaired) electrons. The van der Waals surface area contributed by atoms with Gasteiger partial charge in [0.2, 0.25) is 0 Å². The molecule has 0 unspecified atom stereocenters. The Labute approximate surface area is 147 Å². The first-order valence-corrected chi connectivity index (χ1v) is 8.64. The first-order chi connectivity index (χ1) is 11.4. The quantitative estimate of drug-likeness (QED) is 0.745. The molecule has 0 spiro atoms. The number of halogens is 1. The molecule has 1 aromatic rings. The second-order valence-corrected chi connectivity index (χ2v) is 6.83. The third-order valence-electron chi connectivity index (χ3n) is 3.88. The maximum atomic E-state index is 11.9. The third kappa shape index (κ3) is 4.87. The standard InChI is InChI=1S/C18H24ClNO4/c1-12(2)11-23-18(22)20-9-7-14(8-10-20)24-16-6-4-5-15(13(3)21)17(16)19/h4-6,12,14H,7-11H2,1-3H3. The Morgan fingerprint density at radius 3 is 2.54 bits per heavy atom. The van der Waals surface area contributed by atoms with Gasteiger partial charge in [-0.1, -0.05) is 31.5 Å². The summed E-state index contributed by atoms with van der Waals surface area (Å²) in [6.07, 6.45) is 1.12. The van der Waals surface area contributed by atoms with Crippen molar-refractivity contribution < 1.29 is 19.1 Å². The Bertz CT molecular complexity index is 595. The topological polar surface area (TPSA) is 55.8 Å². The molecule has 1 aromatic carbocycles. The molecule has 132 valence electrons. The molecule has 0 aromatic heterocycles. The normalized spacial score (nSPS) is 15.5. The molecule has 1 fully saturated rings. The van der Waals surface area contributed by atoms with Crippen LogP contribution in [0.2, 0.25) is 5.02 Å². The zero-order valence-corrected chi connectivity index (χ0v) is 15.1. The van der Waals surface area contributed by atoms with Gasteiger partial charge >= 0.3 is 6.09 Å². The van der Waals surface area contributed by atoms with Gasteiger partial charge in [0.25, 0.3) is 0 Å². The number of Topliss-reactive ketones (excluding diaryl/α,β-unsaturated/α-hetero) is 1. The van der Waals surface area contributed by atoms with E-state index in [0.29, 0.717) is 54.8 Å². The van der Waals surface area contributed by atoms with Crippen molar-refractivity contribution in [2.45, 2.75) is 39.7 Å². The largest absolute Gasteiger partial charge is 0.489 e. The molecular weight excluding hydrogens is 330 g/mol. The molecule has 0 N–H and O–H groups in total. The smallest absolute Gasteiger partial charge is 0.409 e. The molecule has 0 bridgehead atoms. The number of carbonyl (C=O) groups excluding carboxylic acids is 2. The van der Waals surface area contributed by atoms with E-state index in [0.717, 1.165) is 0 Å². The highest BCUT2D eigenvalue weighted by atomic mass is 35.5. The van der Waals surface area contributed by atoms with E-state index in [9.17, 15) is 9.59 Å². The molecule has 1 saturated heterocycles. The van der Waals surface area contributed by atoms with Gasteiger partial charge in [-0.15, -0.1) is 0 Å². The second kappa shape index (κ2) is 8.38. The van der Waals surface area contributed by atoms with Gasteiger partial charge in [0, 0.05) is 31.5 Å². The van der Waals surface area contributed by atoms with E-state index in [4.69, 9.17) is 21.1 Å². The highest BCUT2D eigenvalue weighted by molar-refractivity contribution is 6.35. The van der Waals surface area contributed by atoms with Gasteiger partial charge in [0.05, 0.1) is 11.6 Å². The number of amides is 1. The number of likely N-dealkylation sites (tertiary alicyclic amines) is 1. The van der Waals surface area contributed by atoms with Crippen molar-refractivity contribution in [3.63, 3.8) is 0 Å². The van der Waals surface area contributed by atoms with Gasteiger partial charge in [0.1, 0.15) is 11.9 Å². The van der Waals surface area contributed by atoms with Gasteiger partial charge in [-0.05, 0) is 25.0 Å². The van der Waals surface area contributed by atoms with Crippen LogP contribution in [0.5, 0.6) is 5.75 Å². The number of carbonyl (C=O) groups is 2. The van der Waals surface area contributed by atoms with Crippen molar-refractivity contribution >= 4 is 23.5 Å². The number of hydrogen-bond donors (Lipinski definition) is 0. The van der Waals surface area contributed by atoms with Crippen LogP contribution in [0.15, 0.2) is 18.2 Å². The number of nitrogens with zero attached hydrogens (tertiary/aromatic N) is 1. The van der Waals surface area contributed by atoms with Gasteiger partial charge in [-0.2, -0.15) is 0 Å². The summed E-state index contributed by atoms with van der Waals surface area (Å²) in [6.45, 7) is 7.10. The van der Waals surface area contributed by atoms with Crippen molar-refractivity contribution in [3.8, 4) is 5.75 Å². The predicted molar refractivity (Wildman–Crippen MR) is 92.9 cm³/mol. The minimum Gasteiger partial charge on any atom is -0.489 e. The highest BCUT2D eigenvalue weighted by Crippen LogP contribution is 2.30. The van der Waals surface area contributed by atoms with Crippen LogP contribution in [-0.4, -0.2) is 42.6 Å². The second-order valence-electron chi connectivity index (χ2n) is 6.45. The number of benzene rings is 1. The van der Waals surface area contributed by atoms with Crippen LogP contribution in [0.4, 0.5) is 4.79 Å². The van der Waals surface area contributed by atoms with Gasteiger partial charge in [-0.25, -0.2) is 4.79 Å². The van der Waals surface area contributed by atoms with Crippen LogP contribution in [-0.2, 0) is 4.74 Å². The summed E-state index contributed by atoms with van der Waals surface area (Å²) in [5, 5.41) is 0.351. The molecule has 1 amide bonds. The Hall–Kier alpha value is -1.75. The molecule has 2 rings (SSSR count). The van der Waals surface area contributed by atoms with Crippen LogP contribution >= 0.6 is 11.6 Å². The zero-order valence-electron chi connectivity index (χ0n) is 14.4. The SMILES string of the molecule is CC(=O)c1cccc(OC2CCN(C(=O)OCC(C)C)CC2)c1Cl. The molecular formula is C18H24ClNO4. The highest BCUT2D eigenvalue weighted by Gasteiger charge is 2.25. The molecule has 6 heteroatoms. The van der Waals surface area contributed by atoms with Crippen LogP contribution in [0.25, 0.3) is 0 Å². The lowest BCUT2D eigenvalue weighted by Gasteiger charge is -2.32. The summed E-state index contributed by atoms with van der Waals surface area (Å²) in [5.74, 6) is 0.754. The summed E-state index contributed by atoms with van der Waals surface area (Å²) >= 11 is 6.24. The van der Waals surface area contributed by atoms with Crippen LogP contribution in [0.1, 0.15) is 44.0 Å². The van der Waals surface area contributed by atoms with E-state index in [1.165, 1.54) is 6.92 Å². The average molecular weight is 354 g/mol. The first kappa shape index (κ1) is 18.6. The van der Waals surface area contributed by atoms with E-state index in [2.05, 4.69) is 0 Å². The van der Waals surface area contributed by atoms with Crippen LogP contribution < -0.4 is 4.74 Å². The van der Waals surface area contributed by atoms with Gasteiger partial charge in [-0.3, -0.25) is 4.79 Å². The molecule has 0 aliphatic carbocycles. The Balaban J connectivity index is 1.88. The number of ketones is 1. The summed E-state index contributed by atoms with van der Waals surface area (Å²) in [7, 11) is 0. The van der Waals surface area contributed by atoms with Crippen LogP contribution in [0.3, 0.4) is 0 Å². The fraction of sp³-hybridized carbons (Fsp3) is 0.556. The molecule has 1 heterocycles. The van der Waals surface area contributed by atoms with E-state index in [-0.39, 0.29) is 18.0 Å². The minimum absolute atomic E-state index is 0.0288. The minimum atomic E-state index is -0.265. The van der Waals surface area contributed by atoms with Crippen molar-refractivity contribution in [1.29, 1.82) is 0 Å². The number of hydrogen-bond acceptors (Lipinski definition) is 4. The fourth-order valence-corrected chi connectivity index (χ4v) is 2.84. The van der Waals surface area contributed by atoms with E-state index >= 15 is 0 Å². The first-order valence-electron chi connectivity index (χ1n) is 8.26. The third-order valence-corrected chi connectivity index (χ3v) is 4.27. The zero-order chi connectivity index (χ0) is 17.7. The summed E-state index contributed by atoms with van der Waals surface area (Å²) in [6, 6.07) is 5.21.